The minimum Gasteiger partial charge on any atom is -0.326 e. The molecule has 0 unspecified atom stereocenters. The highest BCUT2D eigenvalue weighted by Gasteiger charge is 2.34. The molecule has 4 rings (SSSR count). The summed E-state index contributed by atoms with van der Waals surface area (Å²) >= 11 is 0. The Kier molecular flexibility index (Phi) is 5.95. The number of likely N-dealkylation sites (tertiary alicyclic amines) is 1. The van der Waals surface area contributed by atoms with Crippen LogP contribution in [0.15, 0.2) is 42.5 Å². The number of amides is 3. The third-order valence-corrected chi connectivity index (χ3v) is 5.73. The Hall–Kier alpha value is -2.99. The number of aryl methyl sites for hydroxylation is 1. The molecule has 0 aromatic heterocycles. The number of benzene rings is 2. The van der Waals surface area contributed by atoms with Crippen LogP contribution in [0, 0.1) is 6.92 Å². The number of carbonyl (C=O) groups is 3. The fourth-order valence-corrected chi connectivity index (χ4v) is 4.18. The number of imide groups is 1. The first-order valence-corrected chi connectivity index (χ1v) is 10.6. The molecule has 1 N–H and O–H groups in total. The standard InChI is InChI=1S/C24H27N3O3/c1-17-9-10-20-21(14-17)24(30)27(23(20)29)13-5-8-22(28)25-19-7-4-6-18(15-19)16-26-11-2-3-12-26/h4,6-7,9-10,14-15H,2-3,5,8,11-13,16H2,1H3,(H,25,28). The van der Waals surface area contributed by atoms with Gasteiger partial charge in [-0.2, -0.15) is 0 Å². The summed E-state index contributed by atoms with van der Waals surface area (Å²) in [6.07, 6.45) is 3.19. The highest BCUT2D eigenvalue weighted by molar-refractivity contribution is 6.21. The number of nitrogens with one attached hydrogen (secondary N) is 1. The molecule has 3 amide bonds. The van der Waals surface area contributed by atoms with E-state index < -0.39 is 0 Å². The average Bonchev–Trinajstić information content (AvgIpc) is 3.30. The first-order chi connectivity index (χ1) is 14.5. The van der Waals surface area contributed by atoms with Gasteiger partial charge in [-0.05, 0) is 69.1 Å². The molecule has 1 saturated heterocycles. The lowest BCUT2D eigenvalue weighted by Crippen LogP contribution is -2.31. The zero-order valence-corrected chi connectivity index (χ0v) is 17.3. The summed E-state index contributed by atoms with van der Waals surface area (Å²) in [4.78, 5) is 41.0. The second-order valence-corrected chi connectivity index (χ2v) is 8.15. The quantitative estimate of drug-likeness (QED) is 0.715. The van der Waals surface area contributed by atoms with Crippen molar-refractivity contribution in [3.05, 3.63) is 64.7 Å². The molecule has 30 heavy (non-hydrogen) atoms. The van der Waals surface area contributed by atoms with Crippen molar-refractivity contribution < 1.29 is 14.4 Å². The third-order valence-electron chi connectivity index (χ3n) is 5.73. The normalized spacial score (nSPS) is 16.2. The van der Waals surface area contributed by atoms with Gasteiger partial charge < -0.3 is 5.32 Å². The van der Waals surface area contributed by atoms with Crippen molar-refractivity contribution >= 4 is 23.4 Å². The molecule has 1 fully saturated rings. The number of rotatable bonds is 7. The molecule has 0 radical (unpaired) electrons. The van der Waals surface area contributed by atoms with Crippen LogP contribution in [0.4, 0.5) is 5.69 Å². The maximum Gasteiger partial charge on any atom is 0.261 e. The zero-order chi connectivity index (χ0) is 21.1. The van der Waals surface area contributed by atoms with Gasteiger partial charge in [0.2, 0.25) is 5.91 Å². The minimum atomic E-state index is -0.273. The Morgan fingerprint density at radius 1 is 1.00 bits per heavy atom. The number of carbonyl (C=O) groups excluding carboxylic acids is 3. The molecule has 0 bridgehead atoms. The van der Waals surface area contributed by atoms with E-state index in [2.05, 4.69) is 16.3 Å². The molecule has 2 aliphatic heterocycles. The van der Waals surface area contributed by atoms with Gasteiger partial charge in [0.05, 0.1) is 11.1 Å². The number of fused-ring (bicyclic) bond motifs is 1. The zero-order valence-electron chi connectivity index (χ0n) is 17.3. The van der Waals surface area contributed by atoms with Gasteiger partial charge >= 0.3 is 0 Å². The monoisotopic (exact) mass is 405 g/mol. The van der Waals surface area contributed by atoms with Crippen molar-refractivity contribution in [3.63, 3.8) is 0 Å². The Morgan fingerprint density at radius 2 is 1.77 bits per heavy atom. The van der Waals surface area contributed by atoms with Gasteiger partial charge in [-0.1, -0.05) is 23.8 Å². The van der Waals surface area contributed by atoms with Gasteiger partial charge in [0.1, 0.15) is 0 Å². The summed E-state index contributed by atoms with van der Waals surface area (Å²) in [6, 6.07) is 13.2. The van der Waals surface area contributed by atoms with E-state index in [0.29, 0.717) is 17.5 Å². The fourth-order valence-electron chi connectivity index (χ4n) is 4.18. The van der Waals surface area contributed by atoms with Crippen LogP contribution in [0.3, 0.4) is 0 Å². The van der Waals surface area contributed by atoms with E-state index in [1.165, 1.54) is 23.3 Å². The Bertz CT molecular complexity index is 979. The first-order valence-electron chi connectivity index (χ1n) is 10.6. The predicted octanol–water partition coefficient (Wildman–Crippen LogP) is 3.61. The van der Waals surface area contributed by atoms with E-state index in [1.54, 1.807) is 12.1 Å². The molecule has 156 valence electrons. The van der Waals surface area contributed by atoms with Crippen LogP contribution in [-0.4, -0.2) is 47.2 Å². The summed E-state index contributed by atoms with van der Waals surface area (Å²) < 4.78 is 0. The average molecular weight is 405 g/mol. The highest BCUT2D eigenvalue weighted by atomic mass is 16.2. The molecule has 2 aromatic rings. The molecule has 6 nitrogen and oxygen atoms in total. The maximum atomic E-state index is 12.5. The summed E-state index contributed by atoms with van der Waals surface area (Å²) in [5.41, 5.74) is 3.83. The van der Waals surface area contributed by atoms with E-state index in [1.807, 2.05) is 31.2 Å². The van der Waals surface area contributed by atoms with E-state index in [9.17, 15) is 14.4 Å². The van der Waals surface area contributed by atoms with Crippen LogP contribution in [0.2, 0.25) is 0 Å². The van der Waals surface area contributed by atoms with E-state index in [4.69, 9.17) is 0 Å². The summed E-state index contributed by atoms with van der Waals surface area (Å²) in [6.45, 7) is 5.31. The van der Waals surface area contributed by atoms with Crippen molar-refractivity contribution in [2.75, 3.05) is 25.0 Å². The molecule has 0 saturated carbocycles. The van der Waals surface area contributed by atoms with Crippen molar-refractivity contribution in [1.29, 1.82) is 0 Å². The SMILES string of the molecule is Cc1ccc2c(c1)C(=O)N(CCCC(=O)Nc1cccc(CN3CCCC3)c1)C2=O. The smallest absolute Gasteiger partial charge is 0.261 e. The van der Waals surface area contributed by atoms with Crippen LogP contribution >= 0.6 is 0 Å². The predicted molar refractivity (Wildman–Crippen MR) is 115 cm³/mol. The Balaban J connectivity index is 1.27. The van der Waals surface area contributed by atoms with Crippen LogP contribution in [0.1, 0.15) is 57.5 Å². The first kappa shape index (κ1) is 20.3. The molecule has 2 heterocycles. The highest BCUT2D eigenvalue weighted by Crippen LogP contribution is 2.24. The van der Waals surface area contributed by atoms with Gasteiger partial charge in [0, 0.05) is 25.2 Å². The minimum absolute atomic E-state index is 0.110. The molecule has 0 spiro atoms. The van der Waals surface area contributed by atoms with Crippen LogP contribution in [-0.2, 0) is 11.3 Å². The van der Waals surface area contributed by atoms with Crippen LogP contribution in [0.5, 0.6) is 0 Å². The lowest BCUT2D eigenvalue weighted by molar-refractivity contribution is -0.116. The van der Waals surface area contributed by atoms with Gasteiger partial charge in [-0.15, -0.1) is 0 Å². The van der Waals surface area contributed by atoms with Gasteiger partial charge in [0.15, 0.2) is 0 Å². The van der Waals surface area contributed by atoms with E-state index in [0.717, 1.165) is 30.9 Å². The molecule has 2 aromatic carbocycles. The van der Waals surface area contributed by atoms with Crippen LogP contribution in [0.25, 0.3) is 0 Å². The summed E-state index contributed by atoms with van der Waals surface area (Å²) in [5.74, 6) is -0.653. The number of anilines is 1. The van der Waals surface area contributed by atoms with Gasteiger partial charge in [-0.25, -0.2) is 0 Å². The summed E-state index contributed by atoms with van der Waals surface area (Å²) in [7, 11) is 0. The molecule has 0 atom stereocenters. The number of nitrogens with zero attached hydrogens (tertiary/aromatic N) is 2. The van der Waals surface area contributed by atoms with Crippen molar-refractivity contribution in [1.82, 2.24) is 9.80 Å². The summed E-state index contributed by atoms with van der Waals surface area (Å²) in [5, 5.41) is 2.93. The number of hydrogen-bond acceptors (Lipinski definition) is 4. The largest absolute Gasteiger partial charge is 0.326 e. The van der Waals surface area contributed by atoms with Gasteiger partial charge in [-0.3, -0.25) is 24.2 Å². The molecule has 2 aliphatic rings. The van der Waals surface area contributed by atoms with Gasteiger partial charge in [0.25, 0.3) is 11.8 Å². The maximum absolute atomic E-state index is 12.5. The molecular weight excluding hydrogens is 378 g/mol. The van der Waals surface area contributed by atoms with Crippen LogP contribution < -0.4 is 5.32 Å². The molecule has 6 heteroatoms. The van der Waals surface area contributed by atoms with Crippen molar-refractivity contribution in [2.24, 2.45) is 0 Å². The van der Waals surface area contributed by atoms with Crippen molar-refractivity contribution in [3.8, 4) is 0 Å². The molecule has 0 aliphatic carbocycles. The Labute approximate surface area is 176 Å². The second-order valence-electron chi connectivity index (χ2n) is 8.15. The van der Waals surface area contributed by atoms with E-state index in [-0.39, 0.29) is 30.7 Å². The van der Waals surface area contributed by atoms with Crippen molar-refractivity contribution in [2.45, 2.75) is 39.2 Å². The topological polar surface area (TPSA) is 69.7 Å². The Morgan fingerprint density at radius 3 is 2.57 bits per heavy atom. The lowest BCUT2D eigenvalue weighted by Gasteiger charge is -2.15. The third kappa shape index (κ3) is 4.44. The fraction of sp³-hybridized carbons (Fsp3) is 0.375. The lowest BCUT2D eigenvalue weighted by atomic mass is 10.1. The second kappa shape index (κ2) is 8.79. The number of hydrogen-bond donors (Lipinski definition) is 1. The molecular formula is C24H27N3O3. The van der Waals surface area contributed by atoms with E-state index >= 15 is 0 Å².